The Morgan fingerprint density at radius 2 is 2.16 bits per heavy atom. The molecule has 0 aromatic heterocycles. The molecule has 1 heterocycles. The summed E-state index contributed by atoms with van der Waals surface area (Å²) >= 11 is 0. The zero-order valence-electron chi connectivity index (χ0n) is 12.1. The van der Waals surface area contributed by atoms with Crippen LogP contribution in [0.5, 0.6) is 5.75 Å². The molecule has 1 aromatic carbocycles. The van der Waals surface area contributed by atoms with Crippen molar-refractivity contribution in [2.75, 3.05) is 0 Å². The van der Waals surface area contributed by atoms with Crippen LogP contribution in [0.3, 0.4) is 0 Å². The Morgan fingerprint density at radius 3 is 2.79 bits per heavy atom. The maximum Gasteiger partial charge on any atom is 0.303 e. The molecule has 19 heavy (non-hydrogen) atoms. The predicted molar refractivity (Wildman–Crippen MR) is 74.9 cm³/mol. The van der Waals surface area contributed by atoms with Crippen molar-refractivity contribution in [1.29, 1.82) is 0 Å². The Morgan fingerprint density at radius 1 is 1.47 bits per heavy atom. The van der Waals surface area contributed by atoms with Crippen molar-refractivity contribution in [2.24, 2.45) is 0 Å². The van der Waals surface area contributed by atoms with Crippen LogP contribution in [0, 0.1) is 6.92 Å². The van der Waals surface area contributed by atoms with Gasteiger partial charge in [-0.1, -0.05) is 13.0 Å². The molecule has 0 saturated carbocycles. The van der Waals surface area contributed by atoms with E-state index in [2.05, 4.69) is 20.8 Å². The molecule has 1 aromatic rings. The molecule has 104 valence electrons. The first-order valence-electron chi connectivity index (χ1n) is 6.83. The number of carboxylic acid groups (broad SMARTS) is 1. The van der Waals surface area contributed by atoms with Gasteiger partial charge in [0, 0.05) is 0 Å². The maximum atomic E-state index is 10.8. The summed E-state index contributed by atoms with van der Waals surface area (Å²) in [5.74, 6) is 0.250. The van der Waals surface area contributed by atoms with Crippen molar-refractivity contribution < 1.29 is 14.6 Å². The van der Waals surface area contributed by atoms with Gasteiger partial charge in [0.1, 0.15) is 11.4 Å². The molecule has 0 bridgehead atoms. The number of hydrogen-bond donors (Lipinski definition) is 1. The van der Waals surface area contributed by atoms with Crippen LogP contribution in [0.15, 0.2) is 12.1 Å². The Labute approximate surface area is 114 Å². The molecule has 1 N–H and O–H groups in total. The zero-order valence-corrected chi connectivity index (χ0v) is 12.1. The molecule has 0 spiro atoms. The number of fused-ring (bicyclic) bond motifs is 1. The molecule has 1 aliphatic heterocycles. The van der Waals surface area contributed by atoms with Crippen LogP contribution in [-0.4, -0.2) is 16.7 Å². The van der Waals surface area contributed by atoms with Crippen LogP contribution in [0.4, 0.5) is 0 Å². The Hall–Kier alpha value is -1.51. The minimum absolute atomic E-state index is 0.0396. The molecule has 0 radical (unpaired) electrons. The van der Waals surface area contributed by atoms with Crippen molar-refractivity contribution in [3.63, 3.8) is 0 Å². The van der Waals surface area contributed by atoms with E-state index in [1.54, 1.807) is 0 Å². The average molecular weight is 262 g/mol. The number of hydrogen-bond acceptors (Lipinski definition) is 2. The first kappa shape index (κ1) is 13.9. The topological polar surface area (TPSA) is 46.5 Å². The van der Waals surface area contributed by atoms with E-state index in [0.717, 1.165) is 24.2 Å². The molecule has 0 aliphatic carbocycles. The number of rotatable bonds is 3. The number of ether oxygens (including phenoxy) is 1. The lowest BCUT2D eigenvalue weighted by Crippen LogP contribution is -2.33. The third-order valence-electron chi connectivity index (χ3n) is 3.97. The normalized spacial score (nSPS) is 18.3. The summed E-state index contributed by atoms with van der Waals surface area (Å²) in [4.78, 5) is 10.8. The lowest BCUT2D eigenvalue weighted by atomic mass is 9.86. The molecule has 0 fully saturated rings. The molecule has 3 nitrogen and oxygen atoms in total. The van der Waals surface area contributed by atoms with Crippen LogP contribution in [0.2, 0.25) is 0 Å². The van der Waals surface area contributed by atoms with Crippen molar-refractivity contribution >= 4 is 5.97 Å². The SMILES string of the molecule is Cc1c(C(C)CC(=O)O)ccc2c1CCC(C)(C)O2. The van der Waals surface area contributed by atoms with E-state index in [-0.39, 0.29) is 17.9 Å². The summed E-state index contributed by atoms with van der Waals surface area (Å²) < 4.78 is 6.00. The summed E-state index contributed by atoms with van der Waals surface area (Å²) in [6.45, 7) is 8.25. The number of carboxylic acids is 1. The van der Waals surface area contributed by atoms with Gasteiger partial charge in [0.2, 0.25) is 0 Å². The minimum Gasteiger partial charge on any atom is -0.488 e. The smallest absolute Gasteiger partial charge is 0.303 e. The standard InChI is InChI=1S/C16H22O3/c1-10(9-15(17)18)12-5-6-14-13(11(12)2)7-8-16(3,4)19-14/h5-6,10H,7-9H2,1-4H3,(H,17,18). The Bertz CT molecular complexity index is 503. The first-order chi connectivity index (χ1) is 8.80. The third kappa shape index (κ3) is 2.91. The largest absolute Gasteiger partial charge is 0.488 e. The molecule has 0 amide bonds. The second-order valence-electron chi connectivity index (χ2n) is 6.12. The van der Waals surface area contributed by atoms with Crippen molar-refractivity contribution in [3.05, 3.63) is 28.8 Å². The van der Waals surface area contributed by atoms with Crippen LogP contribution < -0.4 is 4.74 Å². The molecule has 3 heteroatoms. The van der Waals surface area contributed by atoms with E-state index in [1.165, 1.54) is 11.1 Å². The Kier molecular flexibility index (Phi) is 3.57. The highest BCUT2D eigenvalue weighted by atomic mass is 16.5. The van der Waals surface area contributed by atoms with Gasteiger partial charge >= 0.3 is 5.97 Å². The van der Waals surface area contributed by atoms with Crippen LogP contribution in [0.25, 0.3) is 0 Å². The van der Waals surface area contributed by atoms with Gasteiger partial charge < -0.3 is 9.84 Å². The van der Waals surface area contributed by atoms with E-state index in [0.29, 0.717) is 0 Å². The lowest BCUT2D eigenvalue weighted by molar-refractivity contribution is -0.137. The first-order valence-corrected chi connectivity index (χ1v) is 6.83. The summed E-state index contributed by atoms with van der Waals surface area (Å²) in [6.07, 6.45) is 2.17. The van der Waals surface area contributed by atoms with Gasteiger partial charge in [-0.3, -0.25) is 4.79 Å². The lowest BCUT2D eigenvalue weighted by Gasteiger charge is -2.34. The fourth-order valence-electron chi connectivity index (χ4n) is 2.84. The molecular formula is C16H22O3. The highest BCUT2D eigenvalue weighted by Crippen LogP contribution is 2.38. The molecule has 1 unspecified atom stereocenters. The minimum atomic E-state index is -0.748. The third-order valence-corrected chi connectivity index (χ3v) is 3.97. The van der Waals surface area contributed by atoms with Gasteiger partial charge in [-0.25, -0.2) is 0 Å². The van der Waals surface area contributed by atoms with Gasteiger partial charge in [0.15, 0.2) is 0 Å². The van der Waals surface area contributed by atoms with Crippen molar-refractivity contribution in [1.82, 2.24) is 0 Å². The highest BCUT2D eigenvalue weighted by Gasteiger charge is 2.28. The number of carbonyl (C=O) groups is 1. The van der Waals surface area contributed by atoms with E-state index in [9.17, 15) is 4.79 Å². The van der Waals surface area contributed by atoms with Gasteiger partial charge in [-0.15, -0.1) is 0 Å². The van der Waals surface area contributed by atoms with Crippen molar-refractivity contribution in [2.45, 2.75) is 58.5 Å². The van der Waals surface area contributed by atoms with Gasteiger partial charge in [-0.05, 0) is 62.3 Å². The van der Waals surface area contributed by atoms with Gasteiger partial charge in [0.05, 0.1) is 6.42 Å². The molecule has 1 aliphatic rings. The second kappa shape index (κ2) is 4.87. The monoisotopic (exact) mass is 262 g/mol. The van der Waals surface area contributed by atoms with E-state index < -0.39 is 5.97 Å². The average Bonchev–Trinajstić information content (AvgIpc) is 2.26. The van der Waals surface area contributed by atoms with E-state index >= 15 is 0 Å². The number of benzene rings is 1. The molecular weight excluding hydrogens is 240 g/mol. The van der Waals surface area contributed by atoms with Crippen LogP contribution in [0.1, 0.15) is 56.2 Å². The van der Waals surface area contributed by atoms with E-state index in [4.69, 9.17) is 9.84 Å². The predicted octanol–water partition coefficient (Wildman–Crippen LogP) is 3.68. The van der Waals surface area contributed by atoms with Crippen LogP contribution in [-0.2, 0) is 11.2 Å². The maximum absolute atomic E-state index is 10.8. The number of aliphatic carboxylic acids is 1. The Balaban J connectivity index is 2.33. The van der Waals surface area contributed by atoms with E-state index in [1.807, 2.05) is 19.1 Å². The molecule has 0 saturated heterocycles. The summed E-state index contributed by atoms with van der Waals surface area (Å²) in [5, 5.41) is 8.92. The zero-order chi connectivity index (χ0) is 14.2. The van der Waals surface area contributed by atoms with Crippen LogP contribution >= 0.6 is 0 Å². The quantitative estimate of drug-likeness (QED) is 0.904. The van der Waals surface area contributed by atoms with Gasteiger partial charge in [-0.2, -0.15) is 0 Å². The second-order valence-corrected chi connectivity index (χ2v) is 6.12. The van der Waals surface area contributed by atoms with Gasteiger partial charge in [0.25, 0.3) is 0 Å². The highest BCUT2D eigenvalue weighted by molar-refractivity contribution is 5.68. The van der Waals surface area contributed by atoms with Crippen molar-refractivity contribution in [3.8, 4) is 5.75 Å². The molecule has 1 atom stereocenters. The summed E-state index contributed by atoms with van der Waals surface area (Å²) in [5.41, 5.74) is 3.47. The summed E-state index contributed by atoms with van der Waals surface area (Å²) in [6, 6.07) is 4.01. The molecule has 2 rings (SSSR count). The fraction of sp³-hybridized carbons (Fsp3) is 0.562. The fourth-order valence-corrected chi connectivity index (χ4v) is 2.84. The summed E-state index contributed by atoms with van der Waals surface area (Å²) in [7, 11) is 0.